The summed E-state index contributed by atoms with van der Waals surface area (Å²) in [5.41, 5.74) is 1.70. The molecule has 0 bridgehead atoms. The number of aromatic nitrogens is 4. The average Bonchev–Trinajstić information content (AvgIpc) is 3.36. The molecule has 0 spiro atoms. The van der Waals surface area contributed by atoms with Gasteiger partial charge in [0.2, 0.25) is 5.16 Å². The van der Waals surface area contributed by atoms with Crippen LogP contribution >= 0.6 is 23.1 Å². The lowest BCUT2D eigenvalue weighted by Crippen LogP contribution is -2.02. The summed E-state index contributed by atoms with van der Waals surface area (Å²) in [4.78, 5) is 23.4. The molecule has 0 aliphatic heterocycles. The summed E-state index contributed by atoms with van der Waals surface area (Å²) in [6.07, 6.45) is 0. The van der Waals surface area contributed by atoms with Gasteiger partial charge >= 0.3 is 0 Å². The highest BCUT2D eigenvalue weighted by atomic mass is 32.2. The average molecular weight is 397 g/mol. The van der Waals surface area contributed by atoms with E-state index in [2.05, 4.69) is 15.3 Å². The maximum Gasteiger partial charge on any atom is 0.270 e. The summed E-state index contributed by atoms with van der Waals surface area (Å²) in [6.45, 7) is 0. The third-order valence-corrected chi connectivity index (χ3v) is 5.55. The van der Waals surface area contributed by atoms with Crippen LogP contribution < -0.4 is 0 Å². The Morgan fingerprint density at radius 3 is 2.85 bits per heavy atom. The van der Waals surface area contributed by atoms with Crippen LogP contribution in [0.3, 0.4) is 0 Å². The van der Waals surface area contributed by atoms with Gasteiger partial charge in [0.25, 0.3) is 5.69 Å². The number of nitro groups is 1. The second-order valence-corrected chi connectivity index (χ2v) is 7.36. The Balaban J connectivity index is 1.62. The Kier molecular flexibility index (Phi) is 4.65. The van der Waals surface area contributed by atoms with Gasteiger partial charge in [-0.2, -0.15) is 9.61 Å². The minimum absolute atomic E-state index is 0.00528. The zero-order valence-corrected chi connectivity index (χ0v) is 15.3. The summed E-state index contributed by atoms with van der Waals surface area (Å²) in [5.74, 6) is 0.242. The van der Waals surface area contributed by atoms with Gasteiger partial charge in [0.1, 0.15) is 0 Å². The van der Waals surface area contributed by atoms with Gasteiger partial charge in [-0.1, -0.05) is 30.0 Å². The van der Waals surface area contributed by atoms with Crippen molar-refractivity contribution in [2.45, 2.75) is 5.16 Å². The Morgan fingerprint density at radius 1 is 1.19 bits per heavy atom. The molecule has 3 aromatic heterocycles. The van der Waals surface area contributed by atoms with Crippen LogP contribution in [0.15, 0.2) is 59.1 Å². The van der Waals surface area contributed by atoms with E-state index >= 15 is 0 Å². The first kappa shape index (κ1) is 17.3. The molecule has 4 aromatic rings. The lowest BCUT2D eigenvalue weighted by Gasteiger charge is -2.03. The Hall–Kier alpha value is -3.11. The van der Waals surface area contributed by atoms with E-state index in [0.29, 0.717) is 26.9 Å². The topological polar surface area (TPSA) is 103 Å². The zero-order valence-electron chi connectivity index (χ0n) is 13.7. The molecular formula is C17H11N5O3S2. The molecule has 0 saturated heterocycles. The van der Waals surface area contributed by atoms with E-state index in [-0.39, 0.29) is 17.2 Å². The van der Waals surface area contributed by atoms with Crippen molar-refractivity contribution in [3.8, 4) is 11.3 Å². The number of thiophene rings is 1. The molecule has 0 amide bonds. The maximum atomic E-state index is 12.2. The molecule has 0 fully saturated rings. The number of thioether (sulfide) groups is 1. The lowest BCUT2D eigenvalue weighted by atomic mass is 10.1. The minimum Gasteiger partial charge on any atom is -0.292 e. The van der Waals surface area contributed by atoms with Gasteiger partial charge in [-0.25, -0.2) is 0 Å². The monoisotopic (exact) mass is 397 g/mol. The predicted octanol–water partition coefficient (Wildman–Crippen LogP) is 3.74. The number of non-ortho nitro benzene ring substituents is 1. The number of ketones is 1. The lowest BCUT2D eigenvalue weighted by molar-refractivity contribution is -0.384. The third-order valence-electron chi connectivity index (χ3n) is 3.72. The van der Waals surface area contributed by atoms with Gasteiger partial charge in [-0.15, -0.1) is 21.5 Å². The summed E-state index contributed by atoms with van der Waals surface area (Å²) >= 11 is 2.65. The number of hydrogen-bond acceptors (Lipinski definition) is 8. The Morgan fingerprint density at radius 2 is 2.07 bits per heavy atom. The second kappa shape index (κ2) is 7.25. The number of fused-ring (bicyclic) bond motifs is 1. The van der Waals surface area contributed by atoms with Crippen LogP contribution in [-0.2, 0) is 0 Å². The number of nitro benzene ring substituents is 1. The number of Topliss-reactive ketones (excluding diaryl/α,β-unsaturated/α-hetero) is 1. The fraction of sp³-hybridized carbons (Fsp3) is 0.0588. The number of carbonyl (C=O) groups is 1. The van der Waals surface area contributed by atoms with Gasteiger partial charge in [-0.05, 0) is 23.6 Å². The molecule has 10 heteroatoms. The number of hydrogen-bond donors (Lipinski definition) is 0. The van der Waals surface area contributed by atoms with Crippen molar-refractivity contribution in [1.29, 1.82) is 0 Å². The highest BCUT2D eigenvalue weighted by Crippen LogP contribution is 2.24. The van der Waals surface area contributed by atoms with Crippen molar-refractivity contribution in [3.05, 3.63) is 68.9 Å². The molecule has 0 atom stereocenters. The summed E-state index contributed by atoms with van der Waals surface area (Å²) in [6, 6.07) is 13.3. The Labute approximate surface area is 161 Å². The van der Waals surface area contributed by atoms with Gasteiger partial charge in [0, 0.05) is 17.7 Å². The molecule has 0 aliphatic carbocycles. The van der Waals surface area contributed by atoms with Crippen LogP contribution in [0.1, 0.15) is 9.67 Å². The van der Waals surface area contributed by atoms with Crippen LogP contribution in [0.4, 0.5) is 5.69 Å². The molecule has 27 heavy (non-hydrogen) atoms. The quantitative estimate of drug-likeness (QED) is 0.211. The molecule has 3 heterocycles. The van der Waals surface area contributed by atoms with Gasteiger partial charge < -0.3 is 0 Å². The van der Waals surface area contributed by atoms with Crippen LogP contribution in [0.5, 0.6) is 0 Å². The van der Waals surface area contributed by atoms with Crippen LogP contribution in [0, 0.1) is 10.1 Å². The van der Waals surface area contributed by atoms with Crippen LogP contribution in [0.25, 0.3) is 16.9 Å². The van der Waals surface area contributed by atoms with Gasteiger partial charge in [0.15, 0.2) is 11.4 Å². The van der Waals surface area contributed by atoms with Crippen molar-refractivity contribution in [3.63, 3.8) is 0 Å². The number of carbonyl (C=O) groups excluding carboxylic acids is 1. The third kappa shape index (κ3) is 3.57. The maximum absolute atomic E-state index is 12.2. The van der Waals surface area contributed by atoms with Crippen molar-refractivity contribution >= 4 is 40.2 Å². The van der Waals surface area contributed by atoms with E-state index in [1.165, 1.54) is 35.2 Å². The van der Waals surface area contributed by atoms with E-state index in [0.717, 1.165) is 0 Å². The molecule has 1 aromatic carbocycles. The van der Waals surface area contributed by atoms with Crippen LogP contribution in [-0.4, -0.2) is 36.3 Å². The molecule has 0 saturated carbocycles. The Bertz CT molecular complexity index is 1140. The van der Waals surface area contributed by atoms with E-state index in [4.69, 9.17) is 0 Å². The van der Waals surface area contributed by atoms with Gasteiger partial charge in [-0.3, -0.25) is 14.9 Å². The minimum atomic E-state index is -0.446. The first-order valence-corrected chi connectivity index (χ1v) is 9.65. The number of rotatable bonds is 6. The normalized spacial score (nSPS) is 11.0. The highest BCUT2D eigenvalue weighted by molar-refractivity contribution is 7.99. The fourth-order valence-electron chi connectivity index (χ4n) is 2.43. The summed E-state index contributed by atoms with van der Waals surface area (Å²) in [7, 11) is 0. The van der Waals surface area contributed by atoms with Crippen molar-refractivity contribution < 1.29 is 9.72 Å². The van der Waals surface area contributed by atoms with E-state index < -0.39 is 4.92 Å². The molecule has 4 rings (SSSR count). The van der Waals surface area contributed by atoms with Crippen molar-refractivity contribution in [2.24, 2.45) is 0 Å². The van der Waals surface area contributed by atoms with Crippen molar-refractivity contribution in [2.75, 3.05) is 5.75 Å². The first-order chi connectivity index (χ1) is 13.1. The first-order valence-electron chi connectivity index (χ1n) is 7.78. The standard InChI is InChI=1S/C17H11N5O3S2/c23-14(15-5-2-8-26-15)10-27-17-19-18-16-7-6-13(20-21(16)17)11-3-1-4-12(9-11)22(24)25/h1-9H,10H2. The molecule has 0 radical (unpaired) electrons. The molecule has 0 aliphatic rings. The smallest absolute Gasteiger partial charge is 0.270 e. The predicted molar refractivity (Wildman–Crippen MR) is 102 cm³/mol. The molecule has 0 N–H and O–H groups in total. The van der Waals surface area contributed by atoms with Crippen LogP contribution in [0.2, 0.25) is 0 Å². The molecule has 134 valence electrons. The van der Waals surface area contributed by atoms with E-state index in [1.54, 1.807) is 34.8 Å². The fourth-order valence-corrected chi connectivity index (χ4v) is 3.96. The zero-order chi connectivity index (χ0) is 18.8. The highest BCUT2D eigenvalue weighted by Gasteiger charge is 2.14. The molecule has 0 unspecified atom stereocenters. The van der Waals surface area contributed by atoms with E-state index in [9.17, 15) is 14.9 Å². The second-order valence-electron chi connectivity index (χ2n) is 5.47. The SMILES string of the molecule is O=C(CSc1nnc2ccc(-c3cccc([N+](=O)[O-])c3)nn12)c1cccs1. The number of benzene rings is 1. The largest absolute Gasteiger partial charge is 0.292 e. The molecular weight excluding hydrogens is 386 g/mol. The number of nitrogens with zero attached hydrogens (tertiary/aromatic N) is 5. The molecule has 8 nitrogen and oxygen atoms in total. The van der Waals surface area contributed by atoms with Gasteiger partial charge in [0.05, 0.1) is 21.2 Å². The van der Waals surface area contributed by atoms with Crippen molar-refractivity contribution in [1.82, 2.24) is 19.8 Å². The summed E-state index contributed by atoms with van der Waals surface area (Å²) < 4.78 is 1.54. The van der Waals surface area contributed by atoms with E-state index in [1.807, 2.05) is 11.4 Å². The summed E-state index contributed by atoms with van der Waals surface area (Å²) in [5, 5.41) is 26.0.